The number of carbonyl (C=O) groups excluding carboxylic acids is 1. The predicted molar refractivity (Wildman–Crippen MR) is 76.4 cm³/mol. The Balaban J connectivity index is 2.90. The summed E-state index contributed by atoms with van der Waals surface area (Å²) in [6.07, 6.45) is 1.95. The second-order valence-electron chi connectivity index (χ2n) is 4.85. The first-order valence-electron chi connectivity index (χ1n) is 5.99. The summed E-state index contributed by atoms with van der Waals surface area (Å²) in [5.74, 6) is 0.134. The number of nitrogens with one attached hydrogen (secondary N) is 1. The van der Waals surface area contributed by atoms with Crippen molar-refractivity contribution in [2.45, 2.75) is 25.2 Å². The van der Waals surface area contributed by atoms with Gasteiger partial charge >= 0.3 is 0 Å². The highest BCUT2D eigenvalue weighted by Gasteiger charge is 2.15. The molecule has 106 valence electrons. The quantitative estimate of drug-likeness (QED) is 0.909. The van der Waals surface area contributed by atoms with Gasteiger partial charge in [-0.2, -0.15) is 0 Å². The average Bonchev–Trinajstić information content (AvgIpc) is 2.27. The minimum absolute atomic E-state index is 0.0888. The van der Waals surface area contributed by atoms with Crippen molar-refractivity contribution < 1.29 is 13.2 Å². The molecule has 0 bridgehead atoms. The fourth-order valence-corrected chi connectivity index (χ4v) is 2.33. The molecule has 0 aliphatic heterocycles. The van der Waals surface area contributed by atoms with Crippen LogP contribution >= 0.6 is 11.6 Å². The SMILES string of the molecule is CC(C)CCNC(=O)c1cc(S(C)(=O)=O)ccc1Cl. The van der Waals surface area contributed by atoms with E-state index in [4.69, 9.17) is 11.6 Å². The molecule has 19 heavy (non-hydrogen) atoms. The van der Waals surface area contributed by atoms with Gasteiger partial charge in [0, 0.05) is 12.8 Å². The van der Waals surface area contributed by atoms with E-state index in [9.17, 15) is 13.2 Å². The van der Waals surface area contributed by atoms with E-state index in [0.717, 1.165) is 12.7 Å². The molecule has 1 rings (SSSR count). The van der Waals surface area contributed by atoms with Gasteiger partial charge in [0.05, 0.1) is 15.5 Å². The van der Waals surface area contributed by atoms with Gasteiger partial charge in [0.1, 0.15) is 0 Å². The van der Waals surface area contributed by atoms with E-state index in [0.29, 0.717) is 12.5 Å². The van der Waals surface area contributed by atoms with Crippen LogP contribution in [0.25, 0.3) is 0 Å². The van der Waals surface area contributed by atoms with Crippen LogP contribution in [0.1, 0.15) is 30.6 Å². The molecule has 0 aliphatic carbocycles. The average molecular weight is 304 g/mol. The molecule has 6 heteroatoms. The number of carbonyl (C=O) groups is 1. The molecule has 0 aromatic heterocycles. The zero-order chi connectivity index (χ0) is 14.6. The monoisotopic (exact) mass is 303 g/mol. The molecule has 0 aliphatic rings. The first kappa shape index (κ1) is 16.0. The summed E-state index contributed by atoms with van der Waals surface area (Å²) in [7, 11) is -3.35. The standard InChI is InChI=1S/C13H18ClNO3S/c1-9(2)6-7-15-13(16)11-8-10(19(3,17)18)4-5-12(11)14/h4-5,8-9H,6-7H2,1-3H3,(H,15,16). The highest BCUT2D eigenvalue weighted by molar-refractivity contribution is 7.90. The highest BCUT2D eigenvalue weighted by Crippen LogP contribution is 2.20. The molecule has 0 saturated heterocycles. The summed E-state index contributed by atoms with van der Waals surface area (Å²) in [6, 6.07) is 4.13. The third-order valence-electron chi connectivity index (χ3n) is 2.62. The minimum atomic E-state index is -3.35. The van der Waals surface area contributed by atoms with E-state index in [1.165, 1.54) is 18.2 Å². The lowest BCUT2D eigenvalue weighted by Crippen LogP contribution is -2.25. The van der Waals surface area contributed by atoms with Gasteiger partial charge < -0.3 is 5.32 Å². The summed E-state index contributed by atoms with van der Waals surface area (Å²) < 4.78 is 22.9. The van der Waals surface area contributed by atoms with Crippen molar-refractivity contribution in [2.75, 3.05) is 12.8 Å². The van der Waals surface area contributed by atoms with Crippen LogP contribution in [0, 0.1) is 5.92 Å². The van der Waals surface area contributed by atoms with Crippen LogP contribution in [0.15, 0.2) is 23.1 Å². The largest absolute Gasteiger partial charge is 0.352 e. The fraction of sp³-hybridized carbons (Fsp3) is 0.462. The van der Waals surface area contributed by atoms with Crippen molar-refractivity contribution in [1.82, 2.24) is 5.32 Å². The third-order valence-corrected chi connectivity index (χ3v) is 4.06. The molecule has 0 spiro atoms. The number of halogens is 1. The van der Waals surface area contributed by atoms with E-state index in [1.54, 1.807) is 0 Å². The molecule has 0 fully saturated rings. The first-order valence-corrected chi connectivity index (χ1v) is 8.26. The number of rotatable bonds is 5. The normalized spacial score (nSPS) is 11.6. The summed E-state index contributed by atoms with van der Waals surface area (Å²) in [5, 5.41) is 2.98. The molecule has 0 radical (unpaired) electrons. The summed E-state index contributed by atoms with van der Waals surface area (Å²) >= 11 is 5.93. The van der Waals surface area contributed by atoms with Crippen molar-refractivity contribution in [2.24, 2.45) is 5.92 Å². The second kappa shape index (κ2) is 6.39. The molecule has 1 aromatic rings. The van der Waals surface area contributed by atoms with Gasteiger partial charge in [-0.05, 0) is 30.5 Å². The predicted octanol–water partition coefficient (Wildman–Crippen LogP) is 2.52. The van der Waals surface area contributed by atoms with Gasteiger partial charge in [-0.25, -0.2) is 8.42 Å². The Labute approximate surface area is 119 Å². The lowest BCUT2D eigenvalue weighted by Gasteiger charge is -2.09. The first-order chi connectivity index (χ1) is 8.71. The lowest BCUT2D eigenvalue weighted by molar-refractivity contribution is 0.0952. The van der Waals surface area contributed by atoms with Crippen molar-refractivity contribution in [3.05, 3.63) is 28.8 Å². The van der Waals surface area contributed by atoms with Crippen LogP contribution in [-0.2, 0) is 9.84 Å². The zero-order valence-corrected chi connectivity index (χ0v) is 12.8. The minimum Gasteiger partial charge on any atom is -0.352 e. The van der Waals surface area contributed by atoms with Crippen LogP contribution in [0.4, 0.5) is 0 Å². The van der Waals surface area contributed by atoms with Gasteiger partial charge in [0.15, 0.2) is 9.84 Å². The van der Waals surface area contributed by atoms with E-state index >= 15 is 0 Å². The van der Waals surface area contributed by atoms with Gasteiger partial charge in [-0.15, -0.1) is 0 Å². The van der Waals surface area contributed by atoms with Gasteiger partial charge in [-0.1, -0.05) is 25.4 Å². The molecule has 0 heterocycles. The van der Waals surface area contributed by atoms with E-state index in [1.807, 2.05) is 0 Å². The topological polar surface area (TPSA) is 63.2 Å². The van der Waals surface area contributed by atoms with E-state index < -0.39 is 9.84 Å². The number of hydrogen-bond donors (Lipinski definition) is 1. The number of benzene rings is 1. The Hall–Kier alpha value is -1.07. The number of sulfone groups is 1. The fourth-order valence-electron chi connectivity index (χ4n) is 1.48. The van der Waals surface area contributed by atoms with Gasteiger partial charge in [-0.3, -0.25) is 4.79 Å². The van der Waals surface area contributed by atoms with Crippen LogP contribution in [0.3, 0.4) is 0 Å². The van der Waals surface area contributed by atoms with Crippen LogP contribution in [-0.4, -0.2) is 27.1 Å². The van der Waals surface area contributed by atoms with Crippen LogP contribution in [0.5, 0.6) is 0 Å². The van der Waals surface area contributed by atoms with E-state index in [2.05, 4.69) is 19.2 Å². The maximum atomic E-state index is 11.9. The summed E-state index contributed by atoms with van der Waals surface area (Å²) in [5.41, 5.74) is 0.188. The summed E-state index contributed by atoms with van der Waals surface area (Å²) in [6.45, 7) is 4.66. The molecular weight excluding hydrogens is 286 g/mol. The smallest absolute Gasteiger partial charge is 0.252 e. The van der Waals surface area contributed by atoms with Crippen molar-refractivity contribution >= 4 is 27.3 Å². The van der Waals surface area contributed by atoms with Crippen molar-refractivity contribution in [3.8, 4) is 0 Å². The molecule has 1 N–H and O–H groups in total. The van der Waals surface area contributed by atoms with Gasteiger partial charge in [0.25, 0.3) is 5.91 Å². The van der Waals surface area contributed by atoms with Crippen LogP contribution in [0.2, 0.25) is 5.02 Å². The Morgan fingerprint density at radius 2 is 2.00 bits per heavy atom. The second-order valence-corrected chi connectivity index (χ2v) is 7.28. The lowest BCUT2D eigenvalue weighted by atomic mass is 10.1. The molecule has 1 amide bonds. The number of amides is 1. The highest BCUT2D eigenvalue weighted by atomic mass is 35.5. The molecule has 1 aromatic carbocycles. The third kappa shape index (κ3) is 4.84. The summed E-state index contributed by atoms with van der Waals surface area (Å²) in [4.78, 5) is 12.0. The molecule has 0 saturated carbocycles. The Morgan fingerprint density at radius 1 is 1.37 bits per heavy atom. The van der Waals surface area contributed by atoms with Gasteiger partial charge in [0.2, 0.25) is 0 Å². The van der Waals surface area contributed by atoms with Crippen LogP contribution < -0.4 is 5.32 Å². The molecule has 0 atom stereocenters. The Kier molecular flexibility index (Phi) is 5.38. The maximum absolute atomic E-state index is 11.9. The Morgan fingerprint density at radius 3 is 2.53 bits per heavy atom. The molecule has 0 unspecified atom stereocenters. The van der Waals surface area contributed by atoms with E-state index in [-0.39, 0.29) is 21.4 Å². The van der Waals surface area contributed by atoms with Crippen molar-refractivity contribution in [3.63, 3.8) is 0 Å². The maximum Gasteiger partial charge on any atom is 0.252 e. The molecule has 4 nitrogen and oxygen atoms in total. The zero-order valence-electron chi connectivity index (χ0n) is 11.2. The van der Waals surface area contributed by atoms with Crippen molar-refractivity contribution in [1.29, 1.82) is 0 Å². The Bertz CT molecular complexity index is 567. The molecular formula is C13H18ClNO3S. The number of hydrogen-bond acceptors (Lipinski definition) is 3.